The third-order valence-corrected chi connectivity index (χ3v) is 3.54. The number of hydrogen-bond donors (Lipinski definition) is 3. The van der Waals surface area contributed by atoms with E-state index in [-0.39, 0.29) is 11.3 Å². The van der Waals surface area contributed by atoms with Crippen LogP contribution in [0.2, 0.25) is 0 Å². The Kier molecular flexibility index (Phi) is 4.98. The summed E-state index contributed by atoms with van der Waals surface area (Å²) in [4.78, 5) is 27.2. The van der Waals surface area contributed by atoms with Gasteiger partial charge in [-0.1, -0.05) is 18.2 Å². The Morgan fingerprint density at radius 2 is 1.68 bits per heavy atom. The van der Waals surface area contributed by atoms with Crippen molar-refractivity contribution in [2.75, 3.05) is 0 Å². The first kappa shape index (κ1) is 18.9. The van der Waals surface area contributed by atoms with Gasteiger partial charge in [0, 0.05) is 6.20 Å². The molecule has 0 aliphatic heterocycles. The fourth-order valence-corrected chi connectivity index (χ4v) is 2.18. The Labute approximate surface area is 155 Å². The molecule has 0 saturated carbocycles. The van der Waals surface area contributed by atoms with E-state index in [1.54, 1.807) is 30.3 Å². The van der Waals surface area contributed by atoms with Gasteiger partial charge in [-0.2, -0.15) is 18.3 Å². The number of carbonyl (C=O) groups is 2. The van der Waals surface area contributed by atoms with E-state index in [2.05, 4.69) is 10.1 Å². The predicted octanol–water partition coefficient (Wildman–Crippen LogP) is 2.07. The van der Waals surface area contributed by atoms with Crippen molar-refractivity contribution in [2.24, 2.45) is 0 Å². The number of nitrogens with zero attached hydrogens (tertiary/aromatic N) is 3. The van der Waals surface area contributed by atoms with Crippen LogP contribution in [0.15, 0.2) is 54.9 Å². The van der Waals surface area contributed by atoms with Crippen molar-refractivity contribution in [3.8, 4) is 11.4 Å². The minimum atomic E-state index is -4.63. The molecule has 0 saturated heterocycles. The standard InChI is InChI=1S/C17H12F3N5O3/c18-17(19,20)13-7-6-10(8-21-13)15(27)22-23-16(28)14-12(26)9-25(24-14)11-4-2-1-3-5-11/h1-9,26H,(H,22,27)(H,23,28). The van der Waals surface area contributed by atoms with Gasteiger partial charge in [0.15, 0.2) is 11.4 Å². The Balaban J connectivity index is 1.66. The van der Waals surface area contributed by atoms with E-state index in [1.807, 2.05) is 10.9 Å². The summed E-state index contributed by atoms with van der Waals surface area (Å²) in [6.07, 6.45) is -2.68. The molecule has 0 unspecified atom stereocenters. The number of hydrazine groups is 1. The smallest absolute Gasteiger partial charge is 0.433 e. The number of alkyl halides is 3. The lowest BCUT2D eigenvalue weighted by Crippen LogP contribution is -2.42. The van der Waals surface area contributed by atoms with Crippen LogP contribution in [0.25, 0.3) is 5.69 Å². The van der Waals surface area contributed by atoms with Crippen molar-refractivity contribution < 1.29 is 27.9 Å². The molecule has 8 nitrogen and oxygen atoms in total. The summed E-state index contributed by atoms with van der Waals surface area (Å²) in [5.74, 6) is -2.23. The quantitative estimate of drug-likeness (QED) is 0.593. The maximum absolute atomic E-state index is 12.5. The number of hydrogen-bond acceptors (Lipinski definition) is 5. The molecule has 144 valence electrons. The highest BCUT2D eigenvalue weighted by Crippen LogP contribution is 2.27. The van der Waals surface area contributed by atoms with Crippen molar-refractivity contribution in [1.82, 2.24) is 25.6 Å². The minimum absolute atomic E-state index is 0.202. The summed E-state index contributed by atoms with van der Waals surface area (Å²) in [6.45, 7) is 0. The molecule has 28 heavy (non-hydrogen) atoms. The van der Waals surface area contributed by atoms with Gasteiger partial charge < -0.3 is 5.11 Å². The fraction of sp³-hybridized carbons (Fsp3) is 0.0588. The van der Waals surface area contributed by atoms with Crippen molar-refractivity contribution in [1.29, 1.82) is 0 Å². The molecule has 2 aromatic heterocycles. The molecule has 2 amide bonds. The third-order valence-electron chi connectivity index (χ3n) is 3.54. The van der Waals surface area contributed by atoms with E-state index < -0.39 is 29.4 Å². The fourth-order valence-electron chi connectivity index (χ4n) is 2.18. The molecule has 3 aromatic rings. The Bertz CT molecular complexity index is 1000. The zero-order chi connectivity index (χ0) is 20.3. The molecule has 0 radical (unpaired) electrons. The zero-order valence-electron chi connectivity index (χ0n) is 13.9. The lowest BCUT2D eigenvalue weighted by Gasteiger charge is -2.08. The monoisotopic (exact) mass is 391 g/mol. The topological polar surface area (TPSA) is 109 Å². The number of para-hydroxylation sites is 1. The second kappa shape index (κ2) is 7.39. The van der Waals surface area contributed by atoms with Crippen LogP contribution in [0.1, 0.15) is 26.5 Å². The molecule has 2 heterocycles. The first-order valence-corrected chi connectivity index (χ1v) is 7.73. The predicted molar refractivity (Wildman–Crippen MR) is 89.4 cm³/mol. The van der Waals surface area contributed by atoms with Crippen LogP contribution in [0.5, 0.6) is 5.75 Å². The first-order chi connectivity index (χ1) is 13.3. The SMILES string of the molecule is O=C(NNC(=O)c1nn(-c2ccccc2)cc1O)c1ccc(C(F)(F)F)nc1. The van der Waals surface area contributed by atoms with Gasteiger partial charge in [0.1, 0.15) is 5.69 Å². The van der Waals surface area contributed by atoms with E-state index in [9.17, 15) is 27.9 Å². The summed E-state index contributed by atoms with van der Waals surface area (Å²) >= 11 is 0. The lowest BCUT2D eigenvalue weighted by atomic mass is 10.2. The van der Waals surface area contributed by atoms with E-state index in [4.69, 9.17) is 0 Å². The van der Waals surface area contributed by atoms with Crippen LogP contribution in [0.4, 0.5) is 13.2 Å². The van der Waals surface area contributed by atoms with Gasteiger partial charge in [-0.05, 0) is 24.3 Å². The molecule has 0 atom stereocenters. The van der Waals surface area contributed by atoms with Crippen LogP contribution in [0.3, 0.4) is 0 Å². The number of rotatable bonds is 3. The lowest BCUT2D eigenvalue weighted by molar-refractivity contribution is -0.141. The van der Waals surface area contributed by atoms with Crippen LogP contribution in [-0.4, -0.2) is 31.7 Å². The van der Waals surface area contributed by atoms with Crippen LogP contribution < -0.4 is 10.9 Å². The number of aromatic nitrogens is 3. The van der Waals surface area contributed by atoms with Crippen LogP contribution in [-0.2, 0) is 6.18 Å². The van der Waals surface area contributed by atoms with E-state index in [1.165, 1.54) is 10.9 Å². The average Bonchev–Trinajstić information content (AvgIpc) is 3.08. The van der Waals surface area contributed by atoms with Gasteiger partial charge >= 0.3 is 6.18 Å². The molecule has 3 N–H and O–H groups in total. The highest BCUT2D eigenvalue weighted by molar-refractivity contribution is 5.99. The summed E-state index contributed by atoms with van der Waals surface area (Å²) in [6, 6.07) is 10.2. The minimum Gasteiger partial charge on any atom is -0.504 e. The van der Waals surface area contributed by atoms with Gasteiger partial charge in [0.2, 0.25) is 0 Å². The Morgan fingerprint density at radius 1 is 1.00 bits per heavy atom. The number of carbonyl (C=O) groups excluding carboxylic acids is 2. The number of benzene rings is 1. The van der Waals surface area contributed by atoms with Gasteiger partial charge in [-0.15, -0.1) is 0 Å². The third kappa shape index (κ3) is 4.09. The largest absolute Gasteiger partial charge is 0.504 e. The van der Waals surface area contributed by atoms with Crippen LogP contribution in [0, 0.1) is 0 Å². The molecular formula is C17H12F3N5O3. The van der Waals surface area contributed by atoms with E-state index >= 15 is 0 Å². The first-order valence-electron chi connectivity index (χ1n) is 7.73. The number of aromatic hydroxyl groups is 1. The molecule has 11 heteroatoms. The zero-order valence-corrected chi connectivity index (χ0v) is 13.9. The molecule has 0 spiro atoms. The maximum atomic E-state index is 12.5. The van der Waals surface area contributed by atoms with Crippen molar-refractivity contribution in [2.45, 2.75) is 6.18 Å². The summed E-state index contributed by atoms with van der Waals surface area (Å²) in [5.41, 5.74) is 2.93. The highest BCUT2D eigenvalue weighted by atomic mass is 19.4. The van der Waals surface area contributed by atoms with Gasteiger partial charge in [-0.25, -0.2) is 4.68 Å². The molecule has 1 aromatic carbocycles. The molecule has 0 aliphatic rings. The summed E-state index contributed by atoms with van der Waals surface area (Å²) < 4.78 is 38.7. The number of nitrogens with one attached hydrogen (secondary N) is 2. The van der Waals surface area contributed by atoms with E-state index in [0.717, 1.165) is 12.3 Å². The van der Waals surface area contributed by atoms with Crippen molar-refractivity contribution in [3.63, 3.8) is 0 Å². The summed E-state index contributed by atoms with van der Waals surface area (Å²) in [7, 11) is 0. The van der Waals surface area contributed by atoms with Gasteiger partial charge in [-0.3, -0.25) is 25.4 Å². The molecule has 0 aliphatic carbocycles. The van der Waals surface area contributed by atoms with Gasteiger partial charge in [0.05, 0.1) is 17.4 Å². The van der Waals surface area contributed by atoms with Crippen LogP contribution >= 0.6 is 0 Å². The Hall–Kier alpha value is -3.89. The van der Waals surface area contributed by atoms with Crippen molar-refractivity contribution in [3.05, 3.63) is 71.8 Å². The van der Waals surface area contributed by atoms with Crippen molar-refractivity contribution >= 4 is 11.8 Å². The normalized spacial score (nSPS) is 11.1. The molecule has 3 rings (SSSR count). The second-order valence-electron chi connectivity index (χ2n) is 5.48. The van der Waals surface area contributed by atoms with Gasteiger partial charge in [0.25, 0.3) is 11.8 Å². The maximum Gasteiger partial charge on any atom is 0.433 e. The Morgan fingerprint density at radius 3 is 2.29 bits per heavy atom. The average molecular weight is 391 g/mol. The molecule has 0 fully saturated rings. The summed E-state index contributed by atoms with van der Waals surface area (Å²) in [5, 5.41) is 13.8. The highest BCUT2D eigenvalue weighted by Gasteiger charge is 2.32. The molecular weight excluding hydrogens is 379 g/mol. The number of pyridine rings is 1. The van der Waals surface area contributed by atoms with E-state index in [0.29, 0.717) is 11.8 Å². The second-order valence-corrected chi connectivity index (χ2v) is 5.48. The molecule has 0 bridgehead atoms. The number of halogens is 3. The number of amides is 2.